The summed E-state index contributed by atoms with van der Waals surface area (Å²) < 4.78 is 0. The van der Waals surface area contributed by atoms with Crippen molar-refractivity contribution in [2.45, 2.75) is 19.8 Å². The van der Waals surface area contributed by atoms with E-state index in [0.717, 1.165) is 5.56 Å². The first-order valence-electron chi connectivity index (χ1n) is 7.45. The van der Waals surface area contributed by atoms with Gasteiger partial charge in [-0.1, -0.05) is 18.2 Å². The minimum atomic E-state index is -0.967. The third-order valence-corrected chi connectivity index (χ3v) is 4.07. The number of carbonyl (C=O) groups is 3. The molecule has 0 saturated carbocycles. The van der Waals surface area contributed by atoms with Crippen LogP contribution in [0, 0.1) is 18.8 Å². The zero-order valence-electron chi connectivity index (χ0n) is 13.1. The molecule has 1 aromatic carbocycles. The van der Waals surface area contributed by atoms with Crippen LogP contribution in [0.2, 0.25) is 0 Å². The zero-order chi connectivity index (χ0) is 17.0. The second-order valence-corrected chi connectivity index (χ2v) is 5.59. The van der Waals surface area contributed by atoms with Crippen LogP contribution in [0.3, 0.4) is 0 Å². The maximum atomic E-state index is 12.5. The van der Waals surface area contributed by atoms with E-state index in [4.69, 9.17) is 0 Å². The molecule has 0 bridgehead atoms. The van der Waals surface area contributed by atoms with E-state index in [1.165, 1.54) is 7.05 Å². The first-order valence-corrected chi connectivity index (χ1v) is 7.45. The molecule has 0 heterocycles. The first kappa shape index (κ1) is 16.7. The smallest absolute Gasteiger partial charge is 0.307 e. The van der Waals surface area contributed by atoms with Gasteiger partial charge in [0.05, 0.1) is 11.8 Å². The molecular weight excluding hydrogens is 296 g/mol. The van der Waals surface area contributed by atoms with Gasteiger partial charge in [-0.05, 0) is 37.5 Å². The van der Waals surface area contributed by atoms with Crippen LogP contribution in [-0.2, 0) is 9.59 Å². The molecular formula is C17H20N2O4. The Kier molecular flexibility index (Phi) is 5.16. The number of amides is 2. The van der Waals surface area contributed by atoms with Gasteiger partial charge in [0.25, 0.3) is 5.91 Å². The average Bonchev–Trinajstić information content (AvgIpc) is 2.56. The van der Waals surface area contributed by atoms with Crippen molar-refractivity contribution in [1.29, 1.82) is 0 Å². The van der Waals surface area contributed by atoms with E-state index < -0.39 is 17.8 Å². The molecule has 2 amide bonds. The molecule has 0 radical (unpaired) electrons. The van der Waals surface area contributed by atoms with Gasteiger partial charge in [-0.3, -0.25) is 14.4 Å². The summed E-state index contributed by atoms with van der Waals surface area (Å²) in [6, 6.07) is 5.02. The fourth-order valence-electron chi connectivity index (χ4n) is 2.64. The lowest BCUT2D eigenvalue weighted by Crippen LogP contribution is -2.35. The Morgan fingerprint density at radius 2 is 1.78 bits per heavy atom. The molecule has 3 N–H and O–H groups in total. The molecule has 2 rings (SSSR count). The molecule has 0 fully saturated rings. The summed E-state index contributed by atoms with van der Waals surface area (Å²) in [5.74, 6) is -2.88. The van der Waals surface area contributed by atoms with E-state index in [2.05, 4.69) is 10.6 Å². The summed E-state index contributed by atoms with van der Waals surface area (Å²) in [6.45, 7) is 1.82. The van der Waals surface area contributed by atoms with Crippen molar-refractivity contribution in [3.05, 3.63) is 41.5 Å². The second-order valence-electron chi connectivity index (χ2n) is 5.59. The zero-order valence-corrected chi connectivity index (χ0v) is 13.1. The summed E-state index contributed by atoms with van der Waals surface area (Å²) in [5, 5.41) is 14.6. The van der Waals surface area contributed by atoms with E-state index >= 15 is 0 Å². The van der Waals surface area contributed by atoms with Crippen molar-refractivity contribution in [2.24, 2.45) is 11.8 Å². The van der Waals surface area contributed by atoms with Crippen LogP contribution in [0.5, 0.6) is 0 Å². The van der Waals surface area contributed by atoms with E-state index in [9.17, 15) is 19.5 Å². The number of hydrogen-bond donors (Lipinski definition) is 3. The highest BCUT2D eigenvalue weighted by Gasteiger charge is 2.34. The highest BCUT2D eigenvalue weighted by atomic mass is 16.4. The number of aliphatic carboxylic acids is 1. The lowest BCUT2D eigenvalue weighted by molar-refractivity contribution is -0.146. The van der Waals surface area contributed by atoms with Crippen molar-refractivity contribution < 1.29 is 19.5 Å². The Morgan fingerprint density at radius 3 is 2.39 bits per heavy atom. The average molecular weight is 316 g/mol. The van der Waals surface area contributed by atoms with E-state index in [0.29, 0.717) is 24.1 Å². The quantitative estimate of drug-likeness (QED) is 0.740. The maximum Gasteiger partial charge on any atom is 0.307 e. The van der Waals surface area contributed by atoms with Crippen molar-refractivity contribution in [3.63, 3.8) is 0 Å². The van der Waals surface area contributed by atoms with E-state index in [-0.39, 0.29) is 11.8 Å². The van der Waals surface area contributed by atoms with E-state index in [1.807, 2.05) is 13.0 Å². The van der Waals surface area contributed by atoms with Crippen LogP contribution in [0.1, 0.15) is 28.8 Å². The highest BCUT2D eigenvalue weighted by molar-refractivity contribution is 5.99. The van der Waals surface area contributed by atoms with Gasteiger partial charge in [-0.15, -0.1) is 0 Å². The Balaban J connectivity index is 2.21. The predicted molar refractivity (Wildman–Crippen MR) is 86.2 cm³/mol. The molecule has 0 aliphatic heterocycles. The first-order chi connectivity index (χ1) is 10.9. The summed E-state index contributed by atoms with van der Waals surface area (Å²) in [5.41, 5.74) is 1.77. The molecule has 1 aliphatic rings. The standard InChI is InChI=1S/C17H20N2O4/c1-10-7-8-11(15(20)18-2)9-14(10)19-16(21)12-5-3-4-6-13(12)17(22)23/h3-4,7-9,12-13H,5-6H2,1-2H3,(H,18,20)(H,19,21)(H,22,23). The van der Waals surface area contributed by atoms with Gasteiger partial charge >= 0.3 is 5.97 Å². The Labute approximate surface area is 134 Å². The van der Waals surface area contributed by atoms with Gasteiger partial charge < -0.3 is 15.7 Å². The Morgan fingerprint density at radius 1 is 1.13 bits per heavy atom. The number of benzene rings is 1. The Hall–Kier alpha value is -2.63. The van der Waals surface area contributed by atoms with Crippen LogP contribution in [-0.4, -0.2) is 29.9 Å². The van der Waals surface area contributed by atoms with E-state index in [1.54, 1.807) is 24.3 Å². The van der Waals surface area contributed by atoms with Crippen LogP contribution in [0.25, 0.3) is 0 Å². The van der Waals surface area contributed by atoms with Gasteiger partial charge in [-0.2, -0.15) is 0 Å². The fourth-order valence-corrected chi connectivity index (χ4v) is 2.64. The molecule has 0 spiro atoms. The minimum absolute atomic E-state index is 0.246. The summed E-state index contributed by atoms with van der Waals surface area (Å²) in [6.07, 6.45) is 4.37. The minimum Gasteiger partial charge on any atom is -0.481 e. The van der Waals surface area contributed by atoms with Crippen LogP contribution in [0.4, 0.5) is 5.69 Å². The number of carboxylic acid groups (broad SMARTS) is 1. The van der Waals surface area contributed by atoms with Crippen LogP contribution >= 0.6 is 0 Å². The van der Waals surface area contributed by atoms with Gasteiger partial charge in [0.1, 0.15) is 0 Å². The fraction of sp³-hybridized carbons (Fsp3) is 0.353. The number of anilines is 1. The van der Waals surface area contributed by atoms with Gasteiger partial charge in [0, 0.05) is 18.3 Å². The van der Waals surface area contributed by atoms with Crippen LogP contribution in [0.15, 0.2) is 30.4 Å². The molecule has 2 atom stereocenters. The van der Waals surface area contributed by atoms with Crippen molar-refractivity contribution in [2.75, 3.05) is 12.4 Å². The second kappa shape index (κ2) is 7.09. The number of nitrogens with one attached hydrogen (secondary N) is 2. The predicted octanol–water partition coefficient (Wildman–Crippen LogP) is 1.96. The normalized spacial score (nSPS) is 19.9. The topological polar surface area (TPSA) is 95.5 Å². The number of hydrogen-bond acceptors (Lipinski definition) is 3. The Bertz CT molecular complexity index is 667. The molecule has 6 heteroatoms. The van der Waals surface area contributed by atoms with Gasteiger partial charge in [-0.25, -0.2) is 0 Å². The van der Waals surface area contributed by atoms with Gasteiger partial charge in [0.2, 0.25) is 5.91 Å². The lowest BCUT2D eigenvalue weighted by Gasteiger charge is -2.24. The maximum absolute atomic E-state index is 12.5. The van der Waals surface area contributed by atoms with Crippen molar-refractivity contribution in [1.82, 2.24) is 5.32 Å². The molecule has 1 aliphatic carbocycles. The summed E-state index contributed by atoms with van der Waals surface area (Å²) in [7, 11) is 1.53. The highest BCUT2D eigenvalue weighted by Crippen LogP contribution is 2.28. The number of allylic oxidation sites excluding steroid dienone is 2. The molecule has 0 aromatic heterocycles. The molecule has 0 saturated heterocycles. The molecule has 122 valence electrons. The summed E-state index contributed by atoms with van der Waals surface area (Å²) >= 11 is 0. The number of aryl methyl sites for hydroxylation is 1. The summed E-state index contributed by atoms with van der Waals surface area (Å²) in [4.78, 5) is 35.5. The SMILES string of the molecule is CNC(=O)c1ccc(C)c(NC(=O)C2CC=CCC2C(=O)O)c1. The third-order valence-electron chi connectivity index (χ3n) is 4.07. The molecule has 23 heavy (non-hydrogen) atoms. The van der Waals surface area contributed by atoms with Crippen molar-refractivity contribution >= 4 is 23.5 Å². The molecule has 2 unspecified atom stereocenters. The van der Waals surface area contributed by atoms with Crippen LogP contribution < -0.4 is 10.6 Å². The monoisotopic (exact) mass is 316 g/mol. The van der Waals surface area contributed by atoms with Crippen molar-refractivity contribution in [3.8, 4) is 0 Å². The van der Waals surface area contributed by atoms with Gasteiger partial charge in [0.15, 0.2) is 0 Å². The lowest BCUT2D eigenvalue weighted by atomic mass is 9.82. The number of rotatable bonds is 4. The third kappa shape index (κ3) is 3.77. The number of carbonyl (C=O) groups excluding carboxylic acids is 2. The number of carboxylic acids is 1. The molecule has 6 nitrogen and oxygen atoms in total. The largest absolute Gasteiger partial charge is 0.481 e. The molecule has 1 aromatic rings.